The van der Waals surface area contributed by atoms with Crippen LogP contribution < -0.4 is 4.74 Å². The monoisotopic (exact) mass is 293 g/mol. The summed E-state index contributed by atoms with van der Waals surface area (Å²) in [5, 5.41) is 18.3. The maximum Gasteiger partial charge on any atom is 0.144 e. The molecule has 2 aromatic rings. The van der Waals surface area contributed by atoms with Crippen LogP contribution in [-0.2, 0) is 0 Å². The molecule has 0 radical (unpaired) electrons. The normalized spacial score (nSPS) is 11.8. The zero-order valence-electron chi connectivity index (χ0n) is 10.7. The number of nitriles is 1. The van der Waals surface area contributed by atoms with Gasteiger partial charge in [-0.1, -0.05) is 6.07 Å². The molecule has 0 heterocycles. The van der Waals surface area contributed by atoms with Crippen LogP contribution in [0, 0.1) is 28.8 Å². The Morgan fingerprint density at radius 2 is 1.76 bits per heavy atom. The third kappa shape index (κ3) is 3.33. The van der Waals surface area contributed by atoms with E-state index < -0.39 is 35.7 Å². The maximum atomic E-state index is 13.4. The fourth-order valence-electron chi connectivity index (χ4n) is 1.76. The summed E-state index contributed by atoms with van der Waals surface area (Å²) in [7, 11) is 0. The van der Waals surface area contributed by atoms with Gasteiger partial charge < -0.3 is 9.84 Å². The van der Waals surface area contributed by atoms with Gasteiger partial charge in [-0.2, -0.15) is 5.26 Å². The number of aliphatic hydroxyl groups excluding tert-OH is 1. The Morgan fingerprint density at radius 3 is 2.33 bits per heavy atom. The van der Waals surface area contributed by atoms with Crippen molar-refractivity contribution in [3.8, 4) is 11.8 Å². The van der Waals surface area contributed by atoms with Crippen LogP contribution in [0.5, 0.6) is 5.75 Å². The first kappa shape index (κ1) is 14.9. The van der Waals surface area contributed by atoms with Gasteiger partial charge in [-0.05, 0) is 24.3 Å². The van der Waals surface area contributed by atoms with E-state index >= 15 is 0 Å². The molecule has 1 N–H and O–H groups in total. The van der Waals surface area contributed by atoms with E-state index in [2.05, 4.69) is 0 Å². The SMILES string of the molecule is N#Cc1ccc(OCC(O)c2c(F)cccc2F)cc1F. The first-order chi connectivity index (χ1) is 10.0. The van der Waals surface area contributed by atoms with Crippen molar-refractivity contribution < 1.29 is 23.0 Å². The molecule has 2 aromatic carbocycles. The second-order valence-corrected chi connectivity index (χ2v) is 4.22. The predicted octanol–water partition coefficient (Wildman–Crippen LogP) is 3.09. The molecule has 0 aliphatic rings. The Kier molecular flexibility index (Phi) is 4.45. The zero-order valence-corrected chi connectivity index (χ0v) is 10.7. The van der Waals surface area contributed by atoms with Crippen molar-refractivity contribution in [2.75, 3.05) is 6.61 Å². The molecule has 21 heavy (non-hydrogen) atoms. The highest BCUT2D eigenvalue weighted by Crippen LogP contribution is 2.22. The van der Waals surface area contributed by atoms with Gasteiger partial charge in [0.1, 0.15) is 42.0 Å². The van der Waals surface area contributed by atoms with E-state index in [9.17, 15) is 18.3 Å². The van der Waals surface area contributed by atoms with E-state index in [-0.39, 0.29) is 11.3 Å². The van der Waals surface area contributed by atoms with E-state index in [0.29, 0.717) is 0 Å². The summed E-state index contributed by atoms with van der Waals surface area (Å²) in [5.74, 6) is -2.52. The van der Waals surface area contributed by atoms with E-state index in [1.807, 2.05) is 0 Å². The summed E-state index contributed by atoms with van der Waals surface area (Å²) < 4.78 is 45.3. The molecule has 3 nitrogen and oxygen atoms in total. The first-order valence-electron chi connectivity index (χ1n) is 5.97. The Morgan fingerprint density at radius 1 is 1.10 bits per heavy atom. The summed E-state index contributed by atoms with van der Waals surface area (Å²) in [6, 6.07) is 8.36. The van der Waals surface area contributed by atoms with Gasteiger partial charge in [0.05, 0.1) is 11.1 Å². The smallest absolute Gasteiger partial charge is 0.144 e. The number of halogens is 3. The average molecular weight is 293 g/mol. The number of rotatable bonds is 4. The first-order valence-corrected chi connectivity index (χ1v) is 5.97. The molecule has 0 saturated carbocycles. The lowest BCUT2D eigenvalue weighted by atomic mass is 10.1. The van der Waals surface area contributed by atoms with Crippen LogP contribution in [0.15, 0.2) is 36.4 Å². The van der Waals surface area contributed by atoms with Crippen molar-refractivity contribution in [1.29, 1.82) is 5.26 Å². The summed E-state index contributed by atoms with van der Waals surface area (Å²) in [6.45, 7) is -0.455. The van der Waals surface area contributed by atoms with Crippen LogP contribution >= 0.6 is 0 Å². The summed E-state index contributed by atoms with van der Waals surface area (Å²) >= 11 is 0. The van der Waals surface area contributed by atoms with Gasteiger partial charge in [-0.15, -0.1) is 0 Å². The van der Waals surface area contributed by atoms with Gasteiger partial charge in [0, 0.05) is 6.07 Å². The van der Waals surface area contributed by atoms with Gasteiger partial charge >= 0.3 is 0 Å². The quantitative estimate of drug-likeness (QED) is 0.942. The highest BCUT2D eigenvalue weighted by Gasteiger charge is 2.18. The largest absolute Gasteiger partial charge is 0.490 e. The molecule has 0 saturated heterocycles. The lowest BCUT2D eigenvalue weighted by Crippen LogP contribution is -2.13. The number of benzene rings is 2. The fourth-order valence-corrected chi connectivity index (χ4v) is 1.76. The molecule has 2 rings (SSSR count). The number of ether oxygens (including phenoxy) is 1. The second kappa shape index (κ2) is 6.29. The van der Waals surface area contributed by atoms with Crippen molar-refractivity contribution in [1.82, 2.24) is 0 Å². The van der Waals surface area contributed by atoms with Crippen molar-refractivity contribution in [2.24, 2.45) is 0 Å². The average Bonchev–Trinajstić information content (AvgIpc) is 2.45. The van der Waals surface area contributed by atoms with Crippen LogP contribution in [0.3, 0.4) is 0 Å². The van der Waals surface area contributed by atoms with Crippen LogP contribution in [-0.4, -0.2) is 11.7 Å². The van der Waals surface area contributed by atoms with Crippen molar-refractivity contribution >= 4 is 0 Å². The van der Waals surface area contributed by atoms with Gasteiger partial charge in [0.25, 0.3) is 0 Å². The Hall–Kier alpha value is -2.52. The third-order valence-corrected chi connectivity index (χ3v) is 2.80. The molecular weight excluding hydrogens is 283 g/mol. The van der Waals surface area contributed by atoms with Crippen molar-refractivity contribution in [2.45, 2.75) is 6.10 Å². The second-order valence-electron chi connectivity index (χ2n) is 4.22. The highest BCUT2D eigenvalue weighted by molar-refractivity contribution is 5.36. The van der Waals surface area contributed by atoms with E-state index in [1.165, 1.54) is 18.2 Å². The highest BCUT2D eigenvalue weighted by atomic mass is 19.1. The molecule has 0 bridgehead atoms. The number of nitrogens with zero attached hydrogens (tertiary/aromatic N) is 1. The van der Waals surface area contributed by atoms with Gasteiger partial charge in [-0.3, -0.25) is 0 Å². The molecule has 0 aromatic heterocycles. The van der Waals surface area contributed by atoms with E-state index in [4.69, 9.17) is 10.00 Å². The minimum atomic E-state index is -1.54. The molecule has 6 heteroatoms. The summed E-state index contributed by atoms with van der Waals surface area (Å²) in [5.41, 5.74) is -0.658. The van der Waals surface area contributed by atoms with Gasteiger partial charge in [0.2, 0.25) is 0 Å². The standard InChI is InChI=1S/C15H10F3NO2/c16-11-2-1-3-12(17)15(11)14(20)8-21-10-5-4-9(7-19)13(18)6-10/h1-6,14,20H,8H2. The predicted molar refractivity (Wildman–Crippen MR) is 67.9 cm³/mol. The van der Waals surface area contributed by atoms with Crippen LogP contribution in [0.2, 0.25) is 0 Å². The Balaban J connectivity index is 2.10. The van der Waals surface area contributed by atoms with Crippen molar-refractivity contribution in [3.05, 3.63) is 65.0 Å². The topological polar surface area (TPSA) is 53.2 Å². The minimum Gasteiger partial charge on any atom is -0.490 e. The maximum absolute atomic E-state index is 13.4. The molecule has 1 atom stereocenters. The third-order valence-electron chi connectivity index (χ3n) is 2.80. The minimum absolute atomic E-state index is 0.0438. The number of hydrogen-bond acceptors (Lipinski definition) is 3. The van der Waals surface area contributed by atoms with Crippen LogP contribution in [0.1, 0.15) is 17.2 Å². The molecular formula is C15H10F3NO2. The molecule has 0 spiro atoms. The molecule has 1 unspecified atom stereocenters. The number of hydrogen-bond donors (Lipinski definition) is 1. The molecule has 0 fully saturated rings. The summed E-state index contributed by atoms with van der Waals surface area (Å²) in [6.07, 6.45) is -1.54. The summed E-state index contributed by atoms with van der Waals surface area (Å²) in [4.78, 5) is 0. The lowest BCUT2D eigenvalue weighted by molar-refractivity contribution is 0.101. The van der Waals surface area contributed by atoms with Gasteiger partial charge in [0.15, 0.2) is 0 Å². The van der Waals surface area contributed by atoms with Gasteiger partial charge in [-0.25, -0.2) is 13.2 Å². The molecule has 108 valence electrons. The Bertz CT molecular complexity index is 678. The lowest BCUT2D eigenvalue weighted by Gasteiger charge is -2.14. The fraction of sp³-hybridized carbons (Fsp3) is 0.133. The Labute approximate surface area is 118 Å². The van der Waals surface area contributed by atoms with Crippen LogP contribution in [0.4, 0.5) is 13.2 Å². The molecule has 0 aliphatic heterocycles. The zero-order chi connectivity index (χ0) is 15.4. The number of aliphatic hydroxyl groups is 1. The molecule has 0 aliphatic carbocycles. The van der Waals surface area contributed by atoms with E-state index in [1.54, 1.807) is 6.07 Å². The van der Waals surface area contributed by atoms with Crippen molar-refractivity contribution in [3.63, 3.8) is 0 Å². The van der Waals surface area contributed by atoms with E-state index in [0.717, 1.165) is 18.2 Å². The molecule has 0 amide bonds. The van der Waals surface area contributed by atoms with Crippen LogP contribution in [0.25, 0.3) is 0 Å².